The molecule has 0 saturated heterocycles. The van der Waals surface area contributed by atoms with Gasteiger partial charge >= 0.3 is 6.18 Å². The topological polar surface area (TPSA) is 41.5 Å². The monoisotopic (exact) mass is 229 g/mol. The first-order chi connectivity index (χ1) is 6.95. The number of rotatable bonds is 8. The standard InChI is InChI=1S/C9H18F3NO2/c1-15-7-8(14)3-6-13-5-2-4-9(10,11)12/h8,13-14H,2-7H2,1H3. The molecule has 3 nitrogen and oxygen atoms in total. The quantitative estimate of drug-likeness (QED) is 0.617. The summed E-state index contributed by atoms with van der Waals surface area (Å²) in [5.41, 5.74) is 0. The molecule has 0 heterocycles. The Bertz CT molecular complexity index is 153. The zero-order chi connectivity index (χ0) is 11.7. The first-order valence-corrected chi connectivity index (χ1v) is 4.90. The third-order valence-electron chi connectivity index (χ3n) is 1.83. The molecule has 0 aromatic heterocycles. The average molecular weight is 229 g/mol. The van der Waals surface area contributed by atoms with Crippen LogP contribution < -0.4 is 5.32 Å². The van der Waals surface area contributed by atoms with Gasteiger partial charge in [0.25, 0.3) is 0 Å². The maximum atomic E-state index is 11.7. The van der Waals surface area contributed by atoms with Crippen molar-refractivity contribution in [1.29, 1.82) is 0 Å². The molecule has 0 aliphatic rings. The van der Waals surface area contributed by atoms with Gasteiger partial charge in [0.2, 0.25) is 0 Å². The SMILES string of the molecule is COCC(O)CCNCCCC(F)(F)F. The minimum Gasteiger partial charge on any atom is -0.391 e. The van der Waals surface area contributed by atoms with Gasteiger partial charge in [0.1, 0.15) is 0 Å². The molecular weight excluding hydrogens is 211 g/mol. The molecular formula is C9H18F3NO2. The van der Waals surface area contributed by atoms with Gasteiger partial charge in [0, 0.05) is 13.5 Å². The van der Waals surface area contributed by atoms with Crippen LogP contribution in [-0.2, 0) is 4.74 Å². The number of aliphatic hydroxyl groups is 1. The van der Waals surface area contributed by atoms with Gasteiger partial charge in [-0.3, -0.25) is 0 Å². The van der Waals surface area contributed by atoms with E-state index in [1.54, 1.807) is 0 Å². The van der Waals surface area contributed by atoms with E-state index in [9.17, 15) is 18.3 Å². The third-order valence-corrected chi connectivity index (χ3v) is 1.83. The summed E-state index contributed by atoms with van der Waals surface area (Å²) in [6, 6.07) is 0. The van der Waals surface area contributed by atoms with Crippen molar-refractivity contribution in [3.8, 4) is 0 Å². The molecule has 92 valence electrons. The highest BCUT2D eigenvalue weighted by Gasteiger charge is 2.25. The Morgan fingerprint density at radius 3 is 2.53 bits per heavy atom. The van der Waals surface area contributed by atoms with Crippen LogP contribution in [0.5, 0.6) is 0 Å². The Balaban J connectivity index is 3.18. The Morgan fingerprint density at radius 1 is 1.33 bits per heavy atom. The summed E-state index contributed by atoms with van der Waals surface area (Å²) in [6.45, 7) is 1.08. The van der Waals surface area contributed by atoms with Crippen LogP contribution in [0.1, 0.15) is 19.3 Å². The van der Waals surface area contributed by atoms with E-state index in [1.165, 1.54) is 7.11 Å². The summed E-state index contributed by atoms with van der Waals surface area (Å²) in [6.07, 6.45) is -4.83. The van der Waals surface area contributed by atoms with Crippen molar-refractivity contribution >= 4 is 0 Å². The Labute approximate surface area is 87.6 Å². The van der Waals surface area contributed by atoms with Crippen LogP contribution >= 0.6 is 0 Å². The van der Waals surface area contributed by atoms with E-state index in [4.69, 9.17) is 4.74 Å². The fourth-order valence-corrected chi connectivity index (χ4v) is 1.08. The largest absolute Gasteiger partial charge is 0.391 e. The lowest BCUT2D eigenvalue weighted by Gasteiger charge is -2.10. The second-order valence-corrected chi connectivity index (χ2v) is 3.37. The molecule has 6 heteroatoms. The van der Waals surface area contributed by atoms with E-state index in [-0.39, 0.29) is 13.0 Å². The lowest BCUT2D eigenvalue weighted by molar-refractivity contribution is -0.135. The van der Waals surface area contributed by atoms with Crippen LogP contribution in [0, 0.1) is 0 Å². The van der Waals surface area contributed by atoms with Gasteiger partial charge in [0.15, 0.2) is 0 Å². The van der Waals surface area contributed by atoms with Crippen LogP contribution in [0.3, 0.4) is 0 Å². The van der Waals surface area contributed by atoms with E-state index in [0.717, 1.165) is 0 Å². The minimum absolute atomic E-state index is 0.0733. The molecule has 0 aliphatic carbocycles. The van der Waals surface area contributed by atoms with Crippen LogP contribution in [0.15, 0.2) is 0 Å². The smallest absolute Gasteiger partial charge is 0.389 e. The number of hydrogen-bond donors (Lipinski definition) is 2. The van der Waals surface area contributed by atoms with Gasteiger partial charge in [-0.25, -0.2) is 0 Å². The van der Waals surface area contributed by atoms with E-state index in [0.29, 0.717) is 19.5 Å². The van der Waals surface area contributed by atoms with E-state index in [1.807, 2.05) is 0 Å². The van der Waals surface area contributed by atoms with Gasteiger partial charge in [-0.1, -0.05) is 0 Å². The molecule has 0 bridgehead atoms. The Hall–Kier alpha value is -0.330. The van der Waals surface area contributed by atoms with Crippen molar-refractivity contribution in [2.24, 2.45) is 0 Å². The molecule has 0 radical (unpaired) electrons. The van der Waals surface area contributed by atoms with Crippen LogP contribution in [0.2, 0.25) is 0 Å². The van der Waals surface area contributed by atoms with Crippen LogP contribution in [0.4, 0.5) is 13.2 Å². The summed E-state index contributed by atoms with van der Waals surface area (Å²) in [4.78, 5) is 0. The van der Waals surface area contributed by atoms with E-state index >= 15 is 0 Å². The van der Waals surface area contributed by atoms with Crippen molar-refractivity contribution in [2.45, 2.75) is 31.5 Å². The lowest BCUT2D eigenvalue weighted by atomic mass is 10.2. The highest BCUT2D eigenvalue weighted by Crippen LogP contribution is 2.20. The van der Waals surface area contributed by atoms with E-state index < -0.39 is 18.7 Å². The number of halogens is 3. The highest BCUT2D eigenvalue weighted by molar-refractivity contribution is 4.58. The van der Waals surface area contributed by atoms with E-state index in [2.05, 4.69) is 5.32 Å². The number of aliphatic hydroxyl groups excluding tert-OH is 1. The molecule has 0 rings (SSSR count). The molecule has 0 aromatic carbocycles. The fourth-order valence-electron chi connectivity index (χ4n) is 1.08. The van der Waals surface area contributed by atoms with Gasteiger partial charge in [0.05, 0.1) is 12.7 Å². The molecule has 2 N–H and O–H groups in total. The number of hydrogen-bond acceptors (Lipinski definition) is 3. The van der Waals surface area contributed by atoms with Crippen LogP contribution in [-0.4, -0.2) is 44.2 Å². The first kappa shape index (κ1) is 14.7. The van der Waals surface area contributed by atoms with Gasteiger partial charge < -0.3 is 15.2 Å². The normalized spacial score (nSPS) is 14.2. The second-order valence-electron chi connectivity index (χ2n) is 3.37. The summed E-state index contributed by atoms with van der Waals surface area (Å²) < 4.78 is 39.8. The van der Waals surface area contributed by atoms with Gasteiger partial charge in [-0.15, -0.1) is 0 Å². The molecule has 1 atom stereocenters. The predicted octanol–water partition coefficient (Wildman–Crippen LogP) is 1.32. The van der Waals surface area contributed by atoms with Crippen molar-refractivity contribution in [2.75, 3.05) is 26.8 Å². The zero-order valence-electron chi connectivity index (χ0n) is 8.81. The van der Waals surface area contributed by atoms with Gasteiger partial charge in [-0.05, 0) is 25.9 Å². The summed E-state index contributed by atoms with van der Waals surface area (Å²) in [5, 5.41) is 12.0. The maximum Gasteiger partial charge on any atom is 0.389 e. The Kier molecular flexibility index (Phi) is 7.72. The number of alkyl halides is 3. The lowest BCUT2D eigenvalue weighted by Crippen LogP contribution is -2.24. The molecule has 1 unspecified atom stereocenters. The number of ether oxygens (including phenoxy) is 1. The molecule has 0 amide bonds. The number of nitrogens with one attached hydrogen (secondary N) is 1. The van der Waals surface area contributed by atoms with Crippen molar-refractivity contribution in [1.82, 2.24) is 5.32 Å². The molecule has 0 aromatic rings. The number of methoxy groups -OCH3 is 1. The van der Waals surface area contributed by atoms with Gasteiger partial charge in [-0.2, -0.15) is 13.2 Å². The summed E-state index contributed by atoms with van der Waals surface area (Å²) in [7, 11) is 1.49. The average Bonchev–Trinajstić information content (AvgIpc) is 2.09. The molecule has 0 spiro atoms. The molecule has 0 aliphatic heterocycles. The molecule has 0 saturated carbocycles. The maximum absolute atomic E-state index is 11.7. The zero-order valence-corrected chi connectivity index (χ0v) is 8.81. The van der Waals surface area contributed by atoms with Crippen molar-refractivity contribution < 1.29 is 23.0 Å². The van der Waals surface area contributed by atoms with Crippen molar-refractivity contribution in [3.05, 3.63) is 0 Å². The molecule has 0 fully saturated rings. The van der Waals surface area contributed by atoms with Crippen molar-refractivity contribution in [3.63, 3.8) is 0 Å². The minimum atomic E-state index is -4.07. The fraction of sp³-hybridized carbons (Fsp3) is 1.00. The summed E-state index contributed by atoms with van der Waals surface area (Å²) >= 11 is 0. The van der Waals surface area contributed by atoms with Crippen LogP contribution in [0.25, 0.3) is 0 Å². The predicted molar refractivity (Wildman–Crippen MR) is 50.7 cm³/mol. The third kappa shape index (κ3) is 11.6. The summed E-state index contributed by atoms with van der Waals surface area (Å²) in [5.74, 6) is 0. The molecule has 15 heavy (non-hydrogen) atoms. The first-order valence-electron chi connectivity index (χ1n) is 4.90. The Morgan fingerprint density at radius 2 is 2.00 bits per heavy atom. The highest BCUT2D eigenvalue weighted by atomic mass is 19.4. The second kappa shape index (κ2) is 7.90.